The maximum atomic E-state index is 5.95. The molecule has 16 heavy (non-hydrogen) atoms. The van der Waals surface area contributed by atoms with Crippen molar-refractivity contribution in [2.45, 2.75) is 33.1 Å². The Kier molecular flexibility index (Phi) is 6.79. The minimum Gasteiger partial charge on any atom is -0.436 e. The molecule has 0 radical (unpaired) electrons. The zero-order valence-electron chi connectivity index (χ0n) is 9.78. The third-order valence-electron chi connectivity index (χ3n) is 2.14. The normalized spacial score (nSPS) is 12.4. The third-order valence-corrected chi connectivity index (χ3v) is 3.38. The Balaban J connectivity index is 2.23. The lowest BCUT2D eigenvalue weighted by Gasteiger charge is -2.11. The average Bonchev–Trinajstić information content (AvgIpc) is 2.28. The molecule has 0 N–H and O–H groups in total. The van der Waals surface area contributed by atoms with Crippen molar-refractivity contribution in [3.63, 3.8) is 0 Å². The Bertz CT molecular complexity index is 290. The smallest absolute Gasteiger partial charge is 0.338 e. The fourth-order valence-electron chi connectivity index (χ4n) is 1.20. The number of hydrogen-bond donors (Lipinski definition) is 0. The molecule has 4 heteroatoms. The molecule has 0 aliphatic heterocycles. The molecule has 0 amide bonds. The van der Waals surface area contributed by atoms with Crippen LogP contribution in [0.5, 0.6) is 5.75 Å². The summed E-state index contributed by atoms with van der Waals surface area (Å²) in [5, 5.41) is 0. The molecule has 0 saturated heterocycles. The molecular formula is C12H18ClO2P. The average molecular weight is 261 g/mol. The highest BCUT2D eigenvalue weighted by Gasteiger charge is 2.07. The van der Waals surface area contributed by atoms with Gasteiger partial charge in [0.25, 0.3) is 0 Å². The molecule has 1 rings (SSSR count). The Hall–Kier alpha value is -0.300. The van der Waals surface area contributed by atoms with E-state index in [-0.39, 0.29) is 0 Å². The van der Waals surface area contributed by atoms with Crippen molar-refractivity contribution in [1.82, 2.24) is 0 Å². The Labute approximate surface area is 104 Å². The van der Waals surface area contributed by atoms with Crippen molar-refractivity contribution in [3.8, 4) is 5.75 Å². The first-order chi connectivity index (χ1) is 7.72. The number of halogens is 1. The van der Waals surface area contributed by atoms with Crippen LogP contribution in [0, 0.1) is 6.92 Å². The second kappa shape index (κ2) is 7.89. The Morgan fingerprint density at radius 3 is 2.50 bits per heavy atom. The molecule has 0 aromatic heterocycles. The van der Waals surface area contributed by atoms with E-state index in [1.807, 2.05) is 31.2 Å². The predicted molar refractivity (Wildman–Crippen MR) is 70.1 cm³/mol. The van der Waals surface area contributed by atoms with Gasteiger partial charge < -0.3 is 9.05 Å². The second-order valence-corrected chi connectivity index (χ2v) is 5.35. The van der Waals surface area contributed by atoms with Crippen LogP contribution >= 0.6 is 19.0 Å². The van der Waals surface area contributed by atoms with Gasteiger partial charge in [-0.2, -0.15) is 0 Å². The standard InChI is InChI=1S/C12H18ClO2P/c1-3-4-5-10-14-16(13)15-12-8-6-11(2)7-9-12/h6-9H,3-5,10H2,1-2H3. The van der Waals surface area contributed by atoms with E-state index < -0.39 is 7.73 Å². The predicted octanol–water partition coefficient (Wildman–Crippen LogP) is 5.05. The van der Waals surface area contributed by atoms with Crippen molar-refractivity contribution in [2.75, 3.05) is 6.61 Å². The molecule has 0 saturated carbocycles. The van der Waals surface area contributed by atoms with Gasteiger partial charge in [-0.15, -0.1) is 0 Å². The van der Waals surface area contributed by atoms with Gasteiger partial charge in [0, 0.05) is 0 Å². The highest BCUT2D eigenvalue weighted by Crippen LogP contribution is 2.44. The van der Waals surface area contributed by atoms with Gasteiger partial charge in [0.15, 0.2) is 0 Å². The lowest BCUT2D eigenvalue weighted by atomic mass is 10.2. The number of benzene rings is 1. The van der Waals surface area contributed by atoms with Crippen molar-refractivity contribution in [3.05, 3.63) is 29.8 Å². The zero-order valence-corrected chi connectivity index (χ0v) is 11.4. The molecule has 2 nitrogen and oxygen atoms in total. The van der Waals surface area contributed by atoms with Crippen molar-refractivity contribution >= 4 is 19.0 Å². The molecule has 0 bridgehead atoms. The van der Waals surface area contributed by atoms with Crippen LogP contribution in [0.25, 0.3) is 0 Å². The zero-order chi connectivity index (χ0) is 11.8. The lowest BCUT2D eigenvalue weighted by Crippen LogP contribution is -1.91. The van der Waals surface area contributed by atoms with E-state index in [0.717, 1.165) is 12.2 Å². The van der Waals surface area contributed by atoms with Crippen LogP contribution in [0.1, 0.15) is 31.7 Å². The molecule has 0 heterocycles. The Morgan fingerprint density at radius 1 is 1.19 bits per heavy atom. The summed E-state index contributed by atoms with van der Waals surface area (Å²) in [6.07, 6.45) is 3.40. The quantitative estimate of drug-likeness (QED) is 0.505. The van der Waals surface area contributed by atoms with Crippen molar-refractivity contribution < 1.29 is 9.05 Å². The summed E-state index contributed by atoms with van der Waals surface area (Å²) in [6.45, 7) is 4.87. The maximum absolute atomic E-state index is 5.95. The Morgan fingerprint density at radius 2 is 1.88 bits per heavy atom. The van der Waals surface area contributed by atoms with Crippen LogP contribution in [0.2, 0.25) is 0 Å². The van der Waals surface area contributed by atoms with E-state index >= 15 is 0 Å². The van der Waals surface area contributed by atoms with E-state index in [1.54, 1.807) is 0 Å². The first kappa shape index (κ1) is 13.8. The van der Waals surface area contributed by atoms with E-state index in [9.17, 15) is 0 Å². The topological polar surface area (TPSA) is 18.5 Å². The summed E-state index contributed by atoms with van der Waals surface area (Å²) in [5.41, 5.74) is 1.20. The first-order valence-corrected chi connectivity index (χ1v) is 7.64. The number of hydrogen-bond acceptors (Lipinski definition) is 2. The molecule has 0 aliphatic rings. The number of rotatable bonds is 7. The van der Waals surface area contributed by atoms with E-state index in [2.05, 4.69) is 6.92 Å². The number of aryl methyl sites for hydroxylation is 1. The summed E-state index contributed by atoms with van der Waals surface area (Å²) in [7, 11) is -1.31. The fraction of sp³-hybridized carbons (Fsp3) is 0.500. The summed E-state index contributed by atoms with van der Waals surface area (Å²) >= 11 is 5.95. The molecular weight excluding hydrogens is 243 g/mol. The van der Waals surface area contributed by atoms with Crippen molar-refractivity contribution in [1.29, 1.82) is 0 Å². The summed E-state index contributed by atoms with van der Waals surface area (Å²) in [6, 6.07) is 7.80. The van der Waals surface area contributed by atoms with Crippen LogP contribution in [0.4, 0.5) is 0 Å². The van der Waals surface area contributed by atoms with Crippen LogP contribution in [0.3, 0.4) is 0 Å². The molecule has 1 atom stereocenters. The number of unbranched alkanes of at least 4 members (excludes halogenated alkanes) is 2. The first-order valence-electron chi connectivity index (χ1n) is 5.56. The summed E-state index contributed by atoms with van der Waals surface area (Å²) in [5.74, 6) is 0.766. The van der Waals surface area contributed by atoms with Gasteiger partial charge in [0.1, 0.15) is 5.75 Å². The summed E-state index contributed by atoms with van der Waals surface area (Å²) < 4.78 is 10.8. The van der Waals surface area contributed by atoms with Gasteiger partial charge >= 0.3 is 7.73 Å². The van der Waals surface area contributed by atoms with Gasteiger partial charge in [-0.05, 0) is 36.7 Å². The monoisotopic (exact) mass is 260 g/mol. The minimum atomic E-state index is -1.31. The van der Waals surface area contributed by atoms with Gasteiger partial charge in [0.2, 0.25) is 0 Å². The molecule has 0 spiro atoms. The largest absolute Gasteiger partial charge is 0.436 e. The molecule has 0 aliphatic carbocycles. The SMILES string of the molecule is CCCCCOP(Cl)Oc1ccc(C)cc1. The van der Waals surface area contributed by atoms with Gasteiger partial charge in [-0.3, -0.25) is 0 Å². The maximum Gasteiger partial charge on any atom is 0.338 e. The van der Waals surface area contributed by atoms with Crippen LogP contribution in [-0.4, -0.2) is 6.61 Å². The second-order valence-electron chi connectivity index (χ2n) is 3.66. The van der Waals surface area contributed by atoms with E-state index in [1.165, 1.54) is 18.4 Å². The fourth-order valence-corrected chi connectivity index (χ4v) is 2.26. The lowest BCUT2D eigenvalue weighted by molar-refractivity contribution is 0.313. The third kappa shape index (κ3) is 5.69. The summed E-state index contributed by atoms with van der Waals surface area (Å²) in [4.78, 5) is 0. The minimum absolute atomic E-state index is 0.676. The van der Waals surface area contributed by atoms with Crippen molar-refractivity contribution in [2.24, 2.45) is 0 Å². The molecule has 90 valence electrons. The molecule has 1 aromatic rings. The van der Waals surface area contributed by atoms with Crippen LogP contribution < -0.4 is 4.52 Å². The van der Waals surface area contributed by atoms with Gasteiger partial charge in [-0.25, -0.2) is 0 Å². The van der Waals surface area contributed by atoms with Gasteiger partial charge in [0.05, 0.1) is 6.61 Å². The molecule has 0 fully saturated rings. The van der Waals surface area contributed by atoms with Crippen LogP contribution in [-0.2, 0) is 4.52 Å². The molecule has 1 unspecified atom stereocenters. The van der Waals surface area contributed by atoms with Gasteiger partial charge in [-0.1, -0.05) is 37.5 Å². The molecule has 1 aromatic carbocycles. The van der Waals surface area contributed by atoms with E-state index in [4.69, 9.17) is 20.3 Å². The highest BCUT2D eigenvalue weighted by molar-refractivity contribution is 7.76. The van der Waals surface area contributed by atoms with E-state index in [0.29, 0.717) is 6.61 Å². The van der Waals surface area contributed by atoms with Crippen LogP contribution in [0.15, 0.2) is 24.3 Å². The highest BCUT2D eigenvalue weighted by atomic mass is 35.7.